The number of fused-ring (bicyclic) bond motifs is 1. The van der Waals surface area contributed by atoms with E-state index in [2.05, 4.69) is 11.1 Å². The van der Waals surface area contributed by atoms with Crippen LogP contribution in [0.4, 0.5) is 10.1 Å². The molecule has 5 rings (SSSR count). The number of rotatable bonds is 4. The van der Waals surface area contributed by atoms with Crippen molar-refractivity contribution in [3.05, 3.63) is 94.2 Å². The first-order chi connectivity index (χ1) is 16.6. The van der Waals surface area contributed by atoms with Crippen LogP contribution in [0.1, 0.15) is 21.7 Å². The van der Waals surface area contributed by atoms with Crippen LogP contribution in [0, 0.1) is 17.1 Å². The van der Waals surface area contributed by atoms with Crippen molar-refractivity contribution in [3.63, 3.8) is 0 Å². The Kier molecular flexibility index (Phi) is 5.55. The molecule has 0 atom stereocenters. The van der Waals surface area contributed by atoms with Gasteiger partial charge >= 0.3 is 0 Å². The molecule has 1 fully saturated rings. The van der Waals surface area contributed by atoms with Crippen LogP contribution in [-0.4, -0.2) is 46.5 Å². The van der Waals surface area contributed by atoms with E-state index in [9.17, 15) is 19.2 Å². The fourth-order valence-corrected chi connectivity index (χ4v) is 4.38. The minimum absolute atomic E-state index is 0.00251. The summed E-state index contributed by atoms with van der Waals surface area (Å²) in [6, 6.07) is 13.1. The van der Waals surface area contributed by atoms with Gasteiger partial charge in [0.15, 0.2) is 5.76 Å². The Morgan fingerprint density at radius 2 is 1.97 bits per heavy atom. The van der Waals surface area contributed by atoms with Gasteiger partial charge in [-0.25, -0.2) is 4.39 Å². The molecule has 1 aliphatic rings. The Labute approximate surface area is 194 Å². The normalized spacial score (nSPS) is 13.8. The third-order valence-corrected chi connectivity index (χ3v) is 6.00. The van der Waals surface area contributed by atoms with E-state index in [0.717, 1.165) is 0 Å². The summed E-state index contributed by atoms with van der Waals surface area (Å²) < 4.78 is 20.4. The summed E-state index contributed by atoms with van der Waals surface area (Å²) in [5.74, 6) is -0.307. The van der Waals surface area contributed by atoms with Crippen LogP contribution in [0.25, 0.3) is 10.9 Å². The summed E-state index contributed by atoms with van der Waals surface area (Å²) in [7, 11) is 0. The number of furan rings is 1. The van der Waals surface area contributed by atoms with Crippen molar-refractivity contribution in [2.24, 2.45) is 0 Å². The molecule has 34 heavy (non-hydrogen) atoms. The van der Waals surface area contributed by atoms with Crippen LogP contribution < -0.4 is 10.5 Å². The Morgan fingerprint density at radius 3 is 2.68 bits per heavy atom. The van der Waals surface area contributed by atoms with E-state index in [1.807, 2.05) is 4.90 Å². The van der Waals surface area contributed by atoms with Gasteiger partial charge in [0.1, 0.15) is 17.4 Å². The molecule has 8 nitrogen and oxygen atoms in total. The Hall–Kier alpha value is -4.45. The zero-order valence-electron chi connectivity index (χ0n) is 18.1. The van der Waals surface area contributed by atoms with Gasteiger partial charge < -0.3 is 18.8 Å². The number of hydrogen-bond acceptors (Lipinski definition) is 6. The largest absolute Gasteiger partial charge is 0.459 e. The number of nitrogens with zero attached hydrogens (tertiary/aromatic N) is 5. The molecule has 0 bridgehead atoms. The minimum atomic E-state index is -0.449. The van der Waals surface area contributed by atoms with Crippen molar-refractivity contribution >= 4 is 22.5 Å². The summed E-state index contributed by atoms with van der Waals surface area (Å²) in [6.45, 7) is 1.84. The van der Waals surface area contributed by atoms with Gasteiger partial charge in [-0.1, -0.05) is 12.1 Å². The number of anilines is 1. The summed E-state index contributed by atoms with van der Waals surface area (Å²) in [4.78, 5) is 33.9. The molecular formula is C25H20FN5O3. The van der Waals surface area contributed by atoms with Crippen molar-refractivity contribution in [1.29, 1.82) is 5.26 Å². The van der Waals surface area contributed by atoms with Crippen molar-refractivity contribution in [3.8, 4) is 6.07 Å². The number of hydrogen-bond donors (Lipinski definition) is 0. The van der Waals surface area contributed by atoms with Gasteiger partial charge in [0.05, 0.1) is 24.0 Å². The Bertz CT molecular complexity index is 1460. The van der Waals surface area contributed by atoms with Gasteiger partial charge in [-0.05, 0) is 35.9 Å². The summed E-state index contributed by atoms with van der Waals surface area (Å²) in [6.07, 6.45) is 4.67. The highest BCUT2D eigenvalue weighted by molar-refractivity contribution is 5.95. The van der Waals surface area contributed by atoms with Gasteiger partial charge in [-0.3, -0.25) is 14.6 Å². The molecule has 0 spiro atoms. The molecule has 0 aliphatic carbocycles. The molecule has 1 amide bonds. The molecule has 1 aromatic carbocycles. The van der Waals surface area contributed by atoms with E-state index in [4.69, 9.17) is 4.42 Å². The van der Waals surface area contributed by atoms with Crippen LogP contribution in [0.3, 0.4) is 0 Å². The van der Waals surface area contributed by atoms with E-state index in [1.54, 1.807) is 47.6 Å². The quantitative estimate of drug-likeness (QED) is 0.468. The molecule has 4 aromatic rings. The lowest BCUT2D eigenvalue weighted by Crippen LogP contribution is -2.49. The molecule has 170 valence electrons. The molecular weight excluding hydrogens is 437 g/mol. The molecule has 0 N–H and O–H groups in total. The lowest BCUT2D eigenvalue weighted by Gasteiger charge is -2.36. The van der Waals surface area contributed by atoms with E-state index >= 15 is 0 Å². The maximum absolute atomic E-state index is 13.7. The lowest BCUT2D eigenvalue weighted by molar-refractivity contribution is 0.0715. The highest BCUT2D eigenvalue weighted by Gasteiger charge is 2.28. The van der Waals surface area contributed by atoms with Crippen molar-refractivity contribution < 1.29 is 13.6 Å². The highest BCUT2D eigenvalue weighted by Crippen LogP contribution is 2.29. The number of piperazine rings is 1. The second-order valence-electron chi connectivity index (χ2n) is 8.01. The van der Waals surface area contributed by atoms with Crippen molar-refractivity contribution in [1.82, 2.24) is 14.5 Å². The zero-order valence-corrected chi connectivity index (χ0v) is 18.1. The van der Waals surface area contributed by atoms with E-state index in [0.29, 0.717) is 48.3 Å². The summed E-state index contributed by atoms with van der Waals surface area (Å²) in [5.41, 5.74) is 1.28. The zero-order chi connectivity index (χ0) is 23.7. The number of nitriles is 1. The average Bonchev–Trinajstić information content (AvgIpc) is 3.40. The van der Waals surface area contributed by atoms with Crippen LogP contribution >= 0.6 is 0 Å². The first kappa shape index (κ1) is 21.4. The van der Waals surface area contributed by atoms with Gasteiger partial charge in [0.2, 0.25) is 0 Å². The first-order valence-electron chi connectivity index (χ1n) is 10.8. The van der Waals surface area contributed by atoms with Crippen LogP contribution in [0.5, 0.6) is 0 Å². The van der Waals surface area contributed by atoms with Gasteiger partial charge in [-0.2, -0.15) is 5.26 Å². The highest BCUT2D eigenvalue weighted by atomic mass is 19.1. The SMILES string of the molecule is N#Cc1c(N2CCN(C(=O)c3ccco3)CC2)c2cnccc2n(Cc2cccc(F)c2)c1=O. The van der Waals surface area contributed by atoms with Gasteiger partial charge in [0, 0.05) is 44.0 Å². The average molecular weight is 457 g/mol. The number of halogens is 1. The number of carbonyl (C=O) groups excluding carboxylic acids is 1. The first-order valence-corrected chi connectivity index (χ1v) is 10.8. The third kappa shape index (κ3) is 3.79. The molecule has 1 saturated heterocycles. The molecule has 0 unspecified atom stereocenters. The summed E-state index contributed by atoms with van der Waals surface area (Å²) >= 11 is 0. The second-order valence-corrected chi connectivity index (χ2v) is 8.01. The van der Waals surface area contributed by atoms with Crippen LogP contribution in [0.2, 0.25) is 0 Å². The number of amides is 1. The molecule has 1 aliphatic heterocycles. The molecule has 9 heteroatoms. The fourth-order valence-electron chi connectivity index (χ4n) is 4.38. The maximum Gasteiger partial charge on any atom is 0.289 e. The summed E-state index contributed by atoms with van der Waals surface area (Å²) in [5, 5.41) is 10.6. The maximum atomic E-state index is 13.7. The third-order valence-electron chi connectivity index (χ3n) is 6.00. The number of aromatic nitrogens is 2. The Morgan fingerprint density at radius 1 is 1.15 bits per heavy atom. The molecule has 0 radical (unpaired) electrons. The van der Waals surface area contributed by atoms with Gasteiger partial charge in [-0.15, -0.1) is 0 Å². The van der Waals surface area contributed by atoms with Gasteiger partial charge in [0.25, 0.3) is 11.5 Å². The minimum Gasteiger partial charge on any atom is -0.459 e. The number of carbonyl (C=O) groups is 1. The second kappa shape index (κ2) is 8.83. The van der Waals surface area contributed by atoms with E-state index in [-0.39, 0.29) is 23.8 Å². The van der Waals surface area contributed by atoms with E-state index < -0.39 is 11.4 Å². The van der Waals surface area contributed by atoms with E-state index in [1.165, 1.54) is 23.0 Å². The topological polar surface area (TPSA) is 95.4 Å². The molecule has 0 saturated carbocycles. The van der Waals surface area contributed by atoms with Crippen molar-refractivity contribution in [2.45, 2.75) is 6.54 Å². The predicted molar refractivity (Wildman–Crippen MR) is 123 cm³/mol. The monoisotopic (exact) mass is 457 g/mol. The standard InChI is InChI=1S/C25H20FN5O3/c26-18-4-1-3-17(13-18)16-31-21-6-7-28-15-20(21)23(19(14-27)24(31)32)29-8-10-30(11-9-29)25(33)22-5-2-12-34-22/h1-7,12-13,15H,8-11,16H2. The molecule has 3 aromatic heterocycles. The molecule has 4 heterocycles. The van der Waals surface area contributed by atoms with Crippen LogP contribution in [0.15, 0.2) is 70.3 Å². The predicted octanol–water partition coefficient (Wildman–Crippen LogP) is 3.01. The lowest BCUT2D eigenvalue weighted by atomic mass is 10.1. The van der Waals surface area contributed by atoms with Crippen molar-refractivity contribution in [2.75, 3.05) is 31.1 Å². The van der Waals surface area contributed by atoms with Crippen LogP contribution in [-0.2, 0) is 6.54 Å². The fraction of sp³-hybridized carbons (Fsp3) is 0.200. The number of benzene rings is 1. The Balaban J connectivity index is 1.52. The number of pyridine rings is 2. The smallest absolute Gasteiger partial charge is 0.289 e.